The molecule has 10 heteroatoms. The van der Waals surface area contributed by atoms with Crippen molar-refractivity contribution < 1.29 is 9.59 Å². The van der Waals surface area contributed by atoms with E-state index in [0.717, 1.165) is 82.4 Å². The lowest BCUT2D eigenvalue weighted by Gasteiger charge is -2.40. The van der Waals surface area contributed by atoms with E-state index in [2.05, 4.69) is 57.0 Å². The summed E-state index contributed by atoms with van der Waals surface area (Å²) in [5.41, 5.74) is 3.18. The molecule has 0 spiro atoms. The van der Waals surface area contributed by atoms with Gasteiger partial charge in [-0.3, -0.25) is 9.69 Å². The molecule has 0 atom stereocenters. The van der Waals surface area contributed by atoms with Gasteiger partial charge in [-0.2, -0.15) is 4.98 Å². The van der Waals surface area contributed by atoms with E-state index >= 15 is 0 Å². The van der Waals surface area contributed by atoms with Gasteiger partial charge in [-0.15, -0.1) is 0 Å². The number of nitrogens with zero attached hydrogens (tertiary/aromatic N) is 7. The number of rotatable bonds is 8. The fraction of sp³-hybridized carbons (Fsp3) is 0.448. The second-order valence-electron chi connectivity index (χ2n) is 10.7. The van der Waals surface area contributed by atoms with Gasteiger partial charge in [0.1, 0.15) is 5.82 Å². The molecule has 4 heterocycles. The normalized spacial score (nSPS) is 17.4. The number of carbonyl (C=O) groups is 2. The third-order valence-corrected chi connectivity index (χ3v) is 7.58. The third kappa shape index (κ3) is 6.39. The van der Waals surface area contributed by atoms with Crippen LogP contribution in [0.15, 0.2) is 49.2 Å². The van der Waals surface area contributed by atoms with Crippen LogP contribution in [0.2, 0.25) is 0 Å². The van der Waals surface area contributed by atoms with E-state index in [4.69, 9.17) is 4.98 Å². The van der Waals surface area contributed by atoms with Crippen molar-refractivity contribution in [3.8, 4) is 0 Å². The molecular formula is C29H38N8O2. The second kappa shape index (κ2) is 11.9. The van der Waals surface area contributed by atoms with Crippen molar-refractivity contribution in [3.05, 3.63) is 60.3 Å². The zero-order valence-corrected chi connectivity index (χ0v) is 22.9. The van der Waals surface area contributed by atoms with E-state index in [1.54, 1.807) is 19.0 Å². The van der Waals surface area contributed by atoms with Gasteiger partial charge in [0.2, 0.25) is 11.9 Å². The van der Waals surface area contributed by atoms with Crippen molar-refractivity contribution in [3.63, 3.8) is 0 Å². The van der Waals surface area contributed by atoms with Crippen molar-refractivity contribution in [1.82, 2.24) is 29.6 Å². The molecule has 2 aromatic rings. The van der Waals surface area contributed by atoms with E-state index in [0.29, 0.717) is 11.9 Å². The summed E-state index contributed by atoms with van der Waals surface area (Å²) in [7, 11) is 3.59. The summed E-state index contributed by atoms with van der Waals surface area (Å²) in [4.78, 5) is 43.4. The molecule has 1 aromatic heterocycles. The van der Waals surface area contributed by atoms with Gasteiger partial charge in [-0.25, -0.2) is 9.78 Å². The van der Waals surface area contributed by atoms with E-state index < -0.39 is 0 Å². The van der Waals surface area contributed by atoms with Gasteiger partial charge in [0, 0.05) is 90.4 Å². The molecule has 1 aromatic carbocycles. The summed E-state index contributed by atoms with van der Waals surface area (Å²) in [6.07, 6.45) is 8.50. The number of anilines is 3. The smallest absolute Gasteiger partial charge is 0.319 e. The summed E-state index contributed by atoms with van der Waals surface area (Å²) in [5.74, 6) is 2.05. The second-order valence-corrected chi connectivity index (χ2v) is 10.7. The molecule has 0 unspecified atom stereocenters. The lowest BCUT2D eigenvalue weighted by Crippen LogP contribution is -2.51. The van der Waals surface area contributed by atoms with Crippen LogP contribution in [-0.2, 0) is 11.3 Å². The molecule has 10 nitrogen and oxygen atoms in total. The summed E-state index contributed by atoms with van der Waals surface area (Å²) in [6, 6.07) is 8.44. The highest BCUT2D eigenvalue weighted by atomic mass is 16.2. The summed E-state index contributed by atoms with van der Waals surface area (Å²) in [6.45, 7) is 10.9. The zero-order chi connectivity index (χ0) is 27.4. The Balaban J connectivity index is 1.17. The average Bonchev–Trinajstić information content (AvgIpc) is 2.92. The number of benzene rings is 1. The number of carbonyl (C=O) groups excluding carboxylic acids is 2. The first-order valence-electron chi connectivity index (χ1n) is 13.6. The van der Waals surface area contributed by atoms with Crippen LogP contribution in [0, 0.1) is 5.92 Å². The van der Waals surface area contributed by atoms with Gasteiger partial charge in [-0.05, 0) is 36.1 Å². The Bertz CT molecular complexity index is 1230. The van der Waals surface area contributed by atoms with Crippen LogP contribution in [0.5, 0.6) is 0 Å². The minimum absolute atomic E-state index is 0.0177. The molecule has 3 aliphatic rings. The molecule has 3 aliphatic heterocycles. The summed E-state index contributed by atoms with van der Waals surface area (Å²) < 4.78 is 0. The third-order valence-electron chi connectivity index (χ3n) is 7.58. The minimum atomic E-state index is 0.0177. The number of hydrogen-bond acceptors (Lipinski definition) is 7. The van der Waals surface area contributed by atoms with E-state index in [-0.39, 0.29) is 11.9 Å². The van der Waals surface area contributed by atoms with Crippen LogP contribution in [0.4, 0.5) is 22.2 Å². The van der Waals surface area contributed by atoms with Gasteiger partial charge in [0.05, 0.1) is 0 Å². The largest absolute Gasteiger partial charge is 0.352 e. The van der Waals surface area contributed by atoms with Crippen LogP contribution < -0.4 is 10.2 Å². The Morgan fingerprint density at radius 3 is 2.69 bits per heavy atom. The number of aromatic nitrogens is 2. The van der Waals surface area contributed by atoms with Crippen LogP contribution in [0.25, 0.3) is 6.08 Å². The van der Waals surface area contributed by atoms with Gasteiger partial charge >= 0.3 is 6.03 Å². The number of likely N-dealkylation sites (tertiary alicyclic amines) is 1. The Labute approximate surface area is 230 Å². The summed E-state index contributed by atoms with van der Waals surface area (Å²) in [5, 5.41) is 3.40. The number of amides is 3. The van der Waals surface area contributed by atoms with Crippen LogP contribution >= 0.6 is 0 Å². The highest BCUT2D eigenvalue weighted by Crippen LogP contribution is 2.28. The quantitative estimate of drug-likeness (QED) is 0.525. The maximum atomic E-state index is 12.2. The first kappa shape index (κ1) is 26.7. The molecule has 206 valence electrons. The summed E-state index contributed by atoms with van der Waals surface area (Å²) >= 11 is 0. The fourth-order valence-electron chi connectivity index (χ4n) is 5.32. The molecule has 2 fully saturated rings. The van der Waals surface area contributed by atoms with E-state index in [1.807, 2.05) is 22.1 Å². The van der Waals surface area contributed by atoms with Crippen molar-refractivity contribution in [2.45, 2.75) is 13.0 Å². The van der Waals surface area contributed by atoms with Gasteiger partial charge in [0.15, 0.2) is 0 Å². The molecule has 0 aliphatic carbocycles. The van der Waals surface area contributed by atoms with Crippen molar-refractivity contribution in [1.29, 1.82) is 0 Å². The molecule has 1 N–H and O–H groups in total. The number of fused-ring (bicyclic) bond motifs is 1. The Kier molecular flexibility index (Phi) is 8.11. The van der Waals surface area contributed by atoms with Crippen LogP contribution in [-0.4, -0.2) is 108 Å². The molecule has 2 saturated heterocycles. The molecule has 0 saturated carbocycles. The predicted molar refractivity (Wildman–Crippen MR) is 154 cm³/mol. The maximum Gasteiger partial charge on any atom is 0.319 e. The molecular weight excluding hydrogens is 492 g/mol. The van der Waals surface area contributed by atoms with E-state index in [9.17, 15) is 9.59 Å². The van der Waals surface area contributed by atoms with Gasteiger partial charge in [-0.1, -0.05) is 30.9 Å². The first-order chi connectivity index (χ1) is 18.9. The van der Waals surface area contributed by atoms with Gasteiger partial charge in [0.25, 0.3) is 0 Å². The number of urea groups is 1. The van der Waals surface area contributed by atoms with Crippen LogP contribution in [0.1, 0.15) is 17.5 Å². The molecule has 39 heavy (non-hydrogen) atoms. The number of nitrogens with one attached hydrogen (secondary N) is 1. The lowest BCUT2D eigenvalue weighted by molar-refractivity contribution is -0.132. The standard InChI is InChI=1S/C29H38N8O2/c1-4-26(38)37-20-23(21-37)10-12-35-11-6-8-24-18-30-28(32-27(24)35)31-25-9-5-7-22(17-25)19-34-13-15-36(16-14-34)29(39)33(2)3/h4-9,17-18,23H,1,10-16,19-21H2,2-3H3,(H,30,31,32). The van der Waals surface area contributed by atoms with Crippen molar-refractivity contribution >= 4 is 35.5 Å². The minimum Gasteiger partial charge on any atom is -0.352 e. The van der Waals surface area contributed by atoms with Crippen molar-refractivity contribution in [2.24, 2.45) is 5.92 Å². The highest BCUT2D eigenvalue weighted by Gasteiger charge is 2.30. The average molecular weight is 531 g/mol. The lowest BCUT2D eigenvalue weighted by atomic mass is 9.95. The first-order valence-corrected chi connectivity index (χ1v) is 13.6. The topological polar surface area (TPSA) is 88.2 Å². The van der Waals surface area contributed by atoms with E-state index in [1.165, 1.54) is 11.6 Å². The number of piperazine rings is 1. The predicted octanol–water partition coefficient (Wildman–Crippen LogP) is 2.89. The number of hydrogen-bond donors (Lipinski definition) is 1. The van der Waals surface area contributed by atoms with Gasteiger partial charge < -0.3 is 24.9 Å². The Morgan fingerprint density at radius 2 is 1.95 bits per heavy atom. The zero-order valence-electron chi connectivity index (χ0n) is 22.9. The molecule has 0 radical (unpaired) electrons. The van der Waals surface area contributed by atoms with Crippen molar-refractivity contribution in [2.75, 3.05) is 76.7 Å². The highest BCUT2D eigenvalue weighted by molar-refractivity contribution is 5.87. The maximum absolute atomic E-state index is 12.2. The Morgan fingerprint density at radius 1 is 1.15 bits per heavy atom. The monoisotopic (exact) mass is 530 g/mol. The Hall–Kier alpha value is -3.92. The fourth-order valence-corrected chi connectivity index (χ4v) is 5.32. The molecule has 5 rings (SSSR count). The SMILES string of the molecule is C=CC(=O)N1CC(CCN2CC=Cc3cnc(Nc4cccc(CN5CCN(C(=O)N(C)C)CC5)c4)nc32)C1. The molecule has 0 bridgehead atoms. The molecule has 3 amide bonds. The van der Waals surface area contributed by atoms with Crippen LogP contribution in [0.3, 0.4) is 0 Å².